The lowest BCUT2D eigenvalue weighted by molar-refractivity contribution is -0.137. The minimum Gasteiger partial charge on any atom is -0.372 e. The largest absolute Gasteiger partial charge is 0.416 e. The number of hydrogen-bond acceptors (Lipinski definition) is 3. The van der Waals surface area contributed by atoms with E-state index in [1.165, 1.54) is 31.1 Å². The summed E-state index contributed by atoms with van der Waals surface area (Å²) in [6, 6.07) is 8.17. The highest BCUT2D eigenvalue weighted by atomic mass is 19.4. The summed E-state index contributed by atoms with van der Waals surface area (Å²) in [5.41, 5.74) is -2.86. The Bertz CT molecular complexity index is 892. The predicted molar refractivity (Wildman–Crippen MR) is 87.5 cm³/mol. The molecule has 0 radical (unpaired) electrons. The van der Waals surface area contributed by atoms with Gasteiger partial charge in [-0.05, 0) is 29.8 Å². The van der Waals surface area contributed by atoms with Crippen LogP contribution in [0.15, 0.2) is 42.5 Å². The van der Waals surface area contributed by atoms with E-state index in [-0.39, 0.29) is 22.4 Å². The van der Waals surface area contributed by atoms with Crippen LogP contribution in [0.5, 0.6) is 0 Å². The Morgan fingerprint density at radius 3 is 2.27 bits per heavy atom. The first-order valence-corrected chi connectivity index (χ1v) is 7.63. The van der Waals surface area contributed by atoms with Crippen LogP contribution >= 0.6 is 0 Å². The lowest BCUT2D eigenvalue weighted by Gasteiger charge is -2.24. The Kier molecular flexibility index (Phi) is 4.03. The van der Waals surface area contributed by atoms with E-state index in [4.69, 9.17) is 0 Å². The van der Waals surface area contributed by atoms with E-state index in [0.717, 1.165) is 24.3 Å². The second-order valence-electron chi connectivity index (χ2n) is 6.17. The Morgan fingerprint density at radius 2 is 1.73 bits per heavy atom. The number of fused-ring (bicyclic) bond motifs is 1. The first-order chi connectivity index (χ1) is 12.1. The van der Waals surface area contributed by atoms with E-state index in [1.807, 2.05) is 0 Å². The second kappa shape index (κ2) is 5.84. The molecule has 0 unspecified atom stereocenters. The van der Waals surface area contributed by atoms with Gasteiger partial charge in [-0.3, -0.25) is 9.59 Å². The van der Waals surface area contributed by atoms with Gasteiger partial charge in [-0.15, -0.1) is 0 Å². The zero-order valence-electron chi connectivity index (χ0n) is 13.9. The first-order valence-electron chi connectivity index (χ1n) is 7.63. The molecule has 1 heterocycles. The number of carbonyl (C=O) groups is 2. The number of anilines is 1. The van der Waals surface area contributed by atoms with E-state index in [2.05, 4.69) is 5.32 Å². The maximum absolute atomic E-state index is 12.8. The molecule has 2 N–H and O–H groups in total. The third kappa shape index (κ3) is 2.62. The minimum atomic E-state index is -4.54. The molecule has 0 aromatic heterocycles. The van der Waals surface area contributed by atoms with Crippen LogP contribution in [0.25, 0.3) is 0 Å². The van der Waals surface area contributed by atoms with Gasteiger partial charge in [0, 0.05) is 30.9 Å². The van der Waals surface area contributed by atoms with Gasteiger partial charge in [-0.25, -0.2) is 0 Å². The third-order valence-electron chi connectivity index (χ3n) is 4.27. The molecule has 1 aliphatic rings. The highest BCUT2D eigenvalue weighted by Gasteiger charge is 2.49. The molecule has 8 heteroatoms. The van der Waals surface area contributed by atoms with Gasteiger partial charge in [-0.2, -0.15) is 13.2 Å². The number of alkyl halides is 3. The van der Waals surface area contributed by atoms with Crippen molar-refractivity contribution in [2.45, 2.75) is 11.8 Å². The number of rotatable bonds is 2. The van der Waals surface area contributed by atoms with Gasteiger partial charge < -0.3 is 15.3 Å². The third-order valence-corrected chi connectivity index (χ3v) is 4.27. The van der Waals surface area contributed by atoms with Crippen LogP contribution in [0, 0.1) is 0 Å². The molecule has 0 bridgehead atoms. The predicted octanol–water partition coefficient (Wildman–Crippen LogP) is 2.60. The number of hydrogen-bond donors (Lipinski definition) is 2. The van der Waals surface area contributed by atoms with Crippen molar-refractivity contribution in [2.24, 2.45) is 0 Å². The second-order valence-corrected chi connectivity index (χ2v) is 6.17. The molecule has 1 aliphatic heterocycles. The van der Waals surface area contributed by atoms with Crippen LogP contribution in [0.3, 0.4) is 0 Å². The summed E-state index contributed by atoms with van der Waals surface area (Å²) in [6.45, 7) is 0. The van der Waals surface area contributed by atoms with E-state index in [9.17, 15) is 27.9 Å². The summed E-state index contributed by atoms with van der Waals surface area (Å²) in [5, 5.41) is 13.6. The maximum Gasteiger partial charge on any atom is 0.416 e. The van der Waals surface area contributed by atoms with Crippen molar-refractivity contribution in [2.75, 3.05) is 19.4 Å². The van der Waals surface area contributed by atoms with Gasteiger partial charge in [0.25, 0.3) is 11.8 Å². The molecule has 136 valence electrons. The Morgan fingerprint density at radius 1 is 1.12 bits per heavy atom. The van der Waals surface area contributed by atoms with Gasteiger partial charge in [0.1, 0.15) is 0 Å². The number of carbonyl (C=O) groups excluding carboxylic acids is 2. The molecule has 5 nitrogen and oxygen atoms in total. The molecule has 0 aliphatic carbocycles. The molecule has 2 aromatic carbocycles. The van der Waals surface area contributed by atoms with E-state index < -0.39 is 29.2 Å². The van der Waals surface area contributed by atoms with Crippen molar-refractivity contribution >= 4 is 17.5 Å². The number of aliphatic hydroxyl groups is 1. The van der Waals surface area contributed by atoms with Crippen molar-refractivity contribution in [1.82, 2.24) is 4.90 Å². The molecule has 2 aromatic rings. The zero-order chi connectivity index (χ0) is 19.3. The van der Waals surface area contributed by atoms with Crippen molar-refractivity contribution in [3.63, 3.8) is 0 Å². The number of nitrogens with one attached hydrogen (secondary N) is 1. The molecule has 26 heavy (non-hydrogen) atoms. The highest BCUT2D eigenvalue weighted by Crippen LogP contribution is 2.43. The number of nitrogens with zero attached hydrogens (tertiary/aromatic N) is 1. The summed E-state index contributed by atoms with van der Waals surface area (Å²) >= 11 is 0. The average Bonchev–Trinajstić information content (AvgIpc) is 2.85. The van der Waals surface area contributed by atoms with Crippen LogP contribution in [-0.4, -0.2) is 35.9 Å². The molecule has 0 spiro atoms. The zero-order valence-corrected chi connectivity index (χ0v) is 13.9. The number of amides is 2. The lowest BCUT2D eigenvalue weighted by atomic mass is 9.84. The van der Waals surface area contributed by atoms with Crippen LogP contribution < -0.4 is 5.32 Å². The average molecular weight is 364 g/mol. The maximum atomic E-state index is 12.8. The summed E-state index contributed by atoms with van der Waals surface area (Å²) in [5.74, 6) is -1.27. The van der Waals surface area contributed by atoms with Crippen molar-refractivity contribution in [3.8, 4) is 0 Å². The lowest BCUT2D eigenvalue weighted by Crippen LogP contribution is -2.37. The van der Waals surface area contributed by atoms with Gasteiger partial charge in [0.15, 0.2) is 5.60 Å². The van der Waals surface area contributed by atoms with Crippen molar-refractivity contribution < 1.29 is 27.9 Å². The smallest absolute Gasteiger partial charge is 0.372 e. The van der Waals surface area contributed by atoms with Crippen LogP contribution in [-0.2, 0) is 16.6 Å². The summed E-state index contributed by atoms with van der Waals surface area (Å²) in [6.07, 6.45) is -4.54. The Hall–Kier alpha value is -2.87. The highest BCUT2D eigenvalue weighted by molar-refractivity contribution is 6.11. The molecule has 2 amide bonds. The van der Waals surface area contributed by atoms with E-state index in [0.29, 0.717) is 0 Å². The van der Waals surface area contributed by atoms with Gasteiger partial charge >= 0.3 is 6.18 Å². The van der Waals surface area contributed by atoms with Gasteiger partial charge in [0.2, 0.25) is 0 Å². The Balaban J connectivity index is 2.18. The van der Waals surface area contributed by atoms with E-state index in [1.54, 1.807) is 6.07 Å². The molecule has 0 saturated heterocycles. The SMILES string of the molecule is CN(C)C(=O)c1cccc2c1[C@@](O)(c1ccc(C(F)(F)F)cc1)C(=O)N2. The first kappa shape index (κ1) is 17.9. The Labute approximate surface area is 147 Å². The van der Waals surface area contributed by atoms with E-state index >= 15 is 0 Å². The topological polar surface area (TPSA) is 69.6 Å². The van der Waals surface area contributed by atoms with Crippen LogP contribution in [0.2, 0.25) is 0 Å². The fraction of sp³-hybridized carbons (Fsp3) is 0.222. The summed E-state index contributed by atoms with van der Waals surface area (Å²) in [4.78, 5) is 26.2. The number of halogens is 3. The standard InChI is InChI=1S/C18H15F3N2O3/c1-23(2)15(24)12-4-3-5-13-14(12)17(26,16(25)22-13)10-6-8-11(9-7-10)18(19,20)21/h3-9,26H,1-2H3,(H,22,25)/t17-/m0/s1. The van der Waals surface area contributed by atoms with Gasteiger partial charge in [-0.1, -0.05) is 18.2 Å². The molecular weight excluding hydrogens is 349 g/mol. The summed E-state index contributed by atoms with van der Waals surface area (Å²) < 4.78 is 38.3. The molecule has 0 saturated carbocycles. The van der Waals surface area contributed by atoms with Crippen molar-refractivity contribution in [1.29, 1.82) is 0 Å². The fourth-order valence-electron chi connectivity index (χ4n) is 2.97. The number of benzene rings is 2. The van der Waals surface area contributed by atoms with Crippen molar-refractivity contribution in [3.05, 3.63) is 64.7 Å². The van der Waals surface area contributed by atoms with Crippen LogP contribution in [0.4, 0.5) is 18.9 Å². The fourth-order valence-corrected chi connectivity index (χ4v) is 2.97. The molecule has 1 atom stereocenters. The summed E-state index contributed by atoms with van der Waals surface area (Å²) in [7, 11) is 3.03. The normalized spacial score (nSPS) is 19.1. The quantitative estimate of drug-likeness (QED) is 0.861. The molecule has 0 fully saturated rings. The van der Waals surface area contributed by atoms with Crippen LogP contribution in [0.1, 0.15) is 27.0 Å². The van der Waals surface area contributed by atoms with Gasteiger partial charge in [0.05, 0.1) is 5.56 Å². The minimum absolute atomic E-state index is 0.0310. The molecular formula is C18H15F3N2O3. The molecule has 3 rings (SSSR count). The monoisotopic (exact) mass is 364 g/mol.